The predicted molar refractivity (Wildman–Crippen MR) is 49.6 cm³/mol. The fourth-order valence-corrected chi connectivity index (χ4v) is 1.22. The van der Waals surface area contributed by atoms with Crippen LogP contribution in [0.3, 0.4) is 0 Å². The number of alkyl halides is 2. The van der Waals surface area contributed by atoms with Gasteiger partial charge in [-0.25, -0.2) is 4.79 Å². The topological polar surface area (TPSA) is 80.4 Å². The van der Waals surface area contributed by atoms with Gasteiger partial charge in [0.25, 0.3) is 5.69 Å². The molecule has 0 heterocycles. The number of carboxylic acid groups (broad SMARTS) is 1. The Bertz CT molecular complexity index is 463. The first-order chi connectivity index (χ1) is 7.26. The van der Waals surface area contributed by atoms with E-state index in [2.05, 4.69) is 0 Å². The van der Waals surface area contributed by atoms with Gasteiger partial charge in [-0.3, -0.25) is 10.1 Å². The monoisotopic (exact) mass is 251 g/mol. The number of carbonyl (C=O) groups is 1. The van der Waals surface area contributed by atoms with E-state index in [0.29, 0.717) is 12.1 Å². The van der Waals surface area contributed by atoms with Crippen LogP contribution in [-0.2, 0) is 10.7 Å². The van der Waals surface area contributed by atoms with Crippen molar-refractivity contribution in [1.82, 2.24) is 0 Å². The minimum Gasteiger partial charge on any atom is -0.477 e. The van der Waals surface area contributed by atoms with Crippen molar-refractivity contribution in [3.63, 3.8) is 0 Å². The smallest absolute Gasteiger partial charge is 0.379 e. The van der Waals surface area contributed by atoms with Gasteiger partial charge in [0.1, 0.15) is 5.02 Å². The van der Waals surface area contributed by atoms with E-state index in [4.69, 9.17) is 16.7 Å². The third kappa shape index (κ3) is 2.08. The predicted octanol–water partition coefficient (Wildman–Crippen LogP) is 2.42. The number of rotatable bonds is 3. The van der Waals surface area contributed by atoms with Crippen molar-refractivity contribution in [2.45, 2.75) is 5.92 Å². The number of carboxylic acids is 1. The summed E-state index contributed by atoms with van der Waals surface area (Å²) in [5.41, 5.74) is -1.47. The minimum absolute atomic E-state index is 0.538. The highest BCUT2D eigenvalue weighted by atomic mass is 35.5. The van der Waals surface area contributed by atoms with Gasteiger partial charge in [-0.05, 0) is 12.1 Å². The van der Waals surface area contributed by atoms with Crippen LogP contribution in [0.15, 0.2) is 18.2 Å². The molecule has 1 aromatic rings. The van der Waals surface area contributed by atoms with Gasteiger partial charge in [-0.15, -0.1) is 0 Å². The Morgan fingerprint density at radius 2 is 2.06 bits per heavy atom. The second kappa shape index (κ2) is 4.01. The highest BCUT2D eigenvalue weighted by Crippen LogP contribution is 2.33. The van der Waals surface area contributed by atoms with Crippen molar-refractivity contribution < 1.29 is 23.6 Å². The van der Waals surface area contributed by atoms with Gasteiger partial charge in [0.15, 0.2) is 0 Å². The van der Waals surface area contributed by atoms with Gasteiger partial charge < -0.3 is 5.11 Å². The van der Waals surface area contributed by atoms with E-state index in [9.17, 15) is 23.7 Å². The van der Waals surface area contributed by atoms with E-state index in [-0.39, 0.29) is 0 Å². The first-order valence-corrected chi connectivity index (χ1v) is 4.20. The lowest BCUT2D eigenvalue weighted by Crippen LogP contribution is -2.25. The molecule has 0 spiro atoms. The third-order valence-electron chi connectivity index (χ3n) is 1.78. The van der Waals surface area contributed by atoms with Crippen molar-refractivity contribution in [2.24, 2.45) is 0 Å². The van der Waals surface area contributed by atoms with Crippen LogP contribution >= 0.6 is 11.6 Å². The van der Waals surface area contributed by atoms with Gasteiger partial charge >= 0.3 is 11.9 Å². The van der Waals surface area contributed by atoms with Gasteiger partial charge in [0, 0.05) is 11.6 Å². The molecule has 0 saturated heterocycles. The van der Waals surface area contributed by atoms with Gasteiger partial charge in [0.2, 0.25) is 0 Å². The van der Waals surface area contributed by atoms with Crippen LogP contribution in [0.4, 0.5) is 14.5 Å². The number of nitro groups is 1. The largest absolute Gasteiger partial charge is 0.477 e. The molecule has 0 amide bonds. The van der Waals surface area contributed by atoms with Crippen molar-refractivity contribution >= 4 is 23.3 Å². The Labute approximate surface area is 92.4 Å². The summed E-state index contributed by atoms with van der Waals surface area (Å²) < 4.78 is 25.9. The maximum absolute atomic E-state index is 13.0. The zero-order valence-electron chi connectivity index (χ0n) is 7.49. The minimum atomic E-state index is -4.13. The summed E-state index contributed by atoms with van der Waals surface area (Å²) in [6.07, 6.45) is 0. The van der Waals surface area contributed by atoms with Crippen LogP contribution in [0.5, 0.6) is 0 Å². The molecule has 0 aliphatic rings. The lowest BCUT2D eigenvalue weighted by Gasteiger charge is -2.11. The quantitative estimate of drug-likeness (QED) is 0.661. The molecule has 0 atom stereocenters. The van der Waals surface area contributed by atoms with Crippen molar-refractivity contribution in [3.05, 3.63) is 38.9 Å². The van der Waals surface area contributed by atoms with E-state index in [1.54, 1.807) is 0 Å². The summed E-state index contributed by atoms with van der Waals surface area (Å²) in [6, 6.07) is 1.94. The molecule has 0 radical (unpaired) electrons. The average Bonchev–Trinajstić information content (AvgIpc) is 2.16. The zero-order chi connectivity index (χ0) is 12.5. The molecule has 86 valence electrons. The number of hydrogen-bond acceptors (Lipinski definition) is 3. The van der Waals surface area contributed by atoms with Crippen LogP contribution in [0, 0.1) is 10.1 Å². The summed E-state index contributed by atoms with van der Waals surface area (Å²) in [5, 5.41) is 18.0. The lowest BCUT2D eigenvalue weighted by atomic mass is 10.1. The Morgan fingerprint density at radius 3 is 2.44 bits per heavy atom. The van der Waals surface area contributed by atoms with Crippen LogP contribution in [0.2, 0.25) is 5.02 Å². The van der Waals surface area contributed by atoms with Gasteiger partial charge in [-0.2, -0.15) is 8.78 Å². The summed E-state index contributed by atoms with van der Waals surface area (Å²) in [5.74, 6) is -6.48. The Kier molecular flexibility index (Phi) is 3.09. The molecule has 0 aliphatic heterocycles. The summed E-state index contributed by atoms with van der Waals surface area (Å²) in [6.45, 7) is 0. The van der Waals surface area contributed by atoms with Gasteiger partial charge in [0.05, 0.1) is 4.92 Å². The highest BCUT2D eigenvalue weighted by molar-refractivity contribution is 6.32. The van der Waals surface area contributed by atoms with E-state index >= 15 is 0 Å². The van der Waals surface area contributed by atoms with Gasteiger partial charge in [-0.1, -0.05) is 11.6 Å². The SMILES string of the molecule is O=C(O)C(F)(F)c1ccc([N+](=O)[O-])c(Cl)c1. The van der Waals surface area contributed by atoms with Crippen LogP contribution in [-0.4, -0.2) is 16.0 Å². The molecule has 0 bridgehead atoms. The molecule has 0 aromatic heterocycles. The Hall–Kier alpha value is -1.76. The second-order valence-corrected chi connectivity index (χ2v) is 3.21. The third-order valence-corrected chi connectivity index (χ3v) is 2.08. The molecule has 8 heteroatoms. The number of hydrogen-bond donors (Lipinski definition) is 1. The highest BCUT2D eigenvalue weighted by Gasteiger charge is 2.41. The van der Waals surface area contributed by atoms with E-state index in [1.165, 1.54) is 0 Å². The summed E-state index contributed by atoms with van der Waals surface area (Å²) in [7, 11) is 0. The molecular formula is C8H4ClF2NO4. The molecule has 16 heavy (non-hydrogen) atoms. The normalized spacial score (nSPS) is 11.2. The fourth-order valence-electron chi connectivity index (χ4n) is 0.974. The molecule has 1 N–H and O–H groups in total. The number of aliphatic carboxylic acids is 1. The average molecular weight is 252 g/mol. The maximum Gasteiger partial charge on any atom is 0.379 e. The first-order valence-electron chi connectivity index (χ1n) is 3.82. The van der Waals surface area contributed by atoms with E-state index in [1.807, 2.05) is 0 Å². The number of nitro benzene ring substituents is 1. The van der Waals surface area contributed by atoms with Crippen molar-refractivity contribution in [2.75, 3.05) is 0 Å². The van der Waals surface area contributed by atoms with Crippen LogP contribution in [0.1, 0.15) is 5.56 Å². The Balaban J connectivity index is 3.26. The second-order valence-electron chi connectivity index (χ2n) is 2.80. The summed E-state index contributed by atoms with van der Waals surface area (Å²) in [4.78, 5) is 19.7. The number of benzene rings is 1. The summed E-state index contributed by atoms with van der Waals surface area (Å²) >= 11 is 5.37. The Morgan fingerprint density at radius 1 is 1.50 bits per heavy atom. The molecule has 5 nitrogen and oxygen atoms in total. The molecule has 0 unspecified atom stereocenters. The van der Waals surface area contributed by atoms with Crippen molar-refractivity contribution in [3.8, 4) is 0 Å². The molecule has 0 fully saturated rings. The fraction of sp³-hybridized carbons (Fsp3) is 0.125. The number of nitrogens with zero attached hydrogens (tertiary/aromatic N) is 1. The molecule has 0 saturated carbocycles. The zero-order valence-corrected chi connectivity index (χ0v) is 8.24. The molecule has 1 rings (SSSR count). The standard InChI is InChI=1S/C8H4ClF2NO4/c9-5-3-4(8(10,11)7(13)14)1-2-6(5)12(15)16/h1-3H,(H,13,14). The van der Waals surface area contributed by atoms with Crippen molar-refractivity contribution in [1.29, 1.82) is 0 Å². The lowest BCUT2D eigenvalue weighted by molar-refractivity contribution is -0.384. The van der Waals surface area contributed by atoms with E-state index in [0.717, 1.165) is 6.07 Å². The van der Waals surface area contributed by atoms with Crippen LogP contribution < -0.4 is 0 Å². The van der Waals surface area contributed by atoms with E-state index < -0.39 is 33.1 Å². The maximum atomic E-state index is 13.0. The number of halogens is 3. The molecular weight excluding hydrogens is 248 g/mol. The molecule has 1 aromatic carbocycles. The molecule has 0 aliphatic carbocycles. The van der Waals surface area contributed by atoms with Crippen LogP contribution in [0.25, 0.3) is 0 Å². The first kappa shape index (κ1) is 12.3.